The third kappa shape index (κ3) is 5.40. The van der Waals surface area contributed by atoms with Crippen molar-refractivity contribution in [2.45, 2.75) is 45.9 Å². The lowest BCUT2D eigenvalue weighted by Gasteiger charge is -2.40. The molecule has 0 saturated heterocycles. The van der Waals surface area contributed by atoms with Crippen molar-refractivity contribution in [1.29, 1.82) is 0 Å². The van der Waals surface area contributed by atoms with E-state index in [2.05, 4.69) is 21.4 Å². The molecule has 4 rings (SSSR count). The number of nitrogens with zero attached hydrogens (tertiary/aromatic N) is 4. The van der Waals surface area contributed by atoms with E-state index in [0.29, 0.717) is 24.3 Å². The van der Waals surface area contributed by atoms with Crippen LogP contribution in [0.3, 0.4) is 0 Å². The van der Waals surface area contributed by atoms with Crippen molar-refractivity contribution in [3.8, 4) is 0 Å². The Hall–Kier alpha value is -4.14. The van der Waals surface area contributed by atoms with Crippen molar-refractivity contribution < 1.29 is 19.1 Å². The van der Waals surface area contributed by atoms with E-state index in [-0.39, 0.29) is 18.7 Å². The van der Waals surface area contributed by atoms with Crippen LogP contribution in [-0.4, -0.2) is 48.0 Å². The number of hydrogen-bond acceptors (Lipinski definition) is 7. The van der Waals surface area contributed by atoms with Crippen molar-refractivity contribution in [2.24, 2.45) is 0 Å². The molecule has 0 bridgehead atoms. The largest absolute Gasteiger partial charge is 0.452 e. The van der Waals surface area contributed by atoms with Crippen LogP contribution < -0.4 is 15.1 Å². The van der Waals surface area contributed by atoms with Crippen LogP contribution in [0.1, 0.15) is 38.3 Å². The molecule has 0 saturated carbocycles. The molecule has 2 aromatic rings. The van der Waals surface area contributed by atoms with E-state index >= 15 is 0 Å². The second-order valence-electron chi connectivity index (χ2n) is 8.92. The highest BCUT2D eigenvalue weighted by atomic mass is 16.6. The normalized spacial score (nSPS) is 17.1. The lowest BCUT2D eigenvalue weighted by molar-refractivity contribution is 0.121. The predicted octanol–water partition coefficient (Wildman–Crippen LogP) is 4.82. The summed E-state index contributed by atoms with van der Waals surface area (Å²) in [6.07, 6.45) is 12.7. The summed E-state index contributed by atoms with van der Waals surface area (Å²) >= 11 is 0. The van der Waals surface area contributed by atoms with Gasteiger partial charge in [0.15, 0.2) is 0 Å². The number of amides is 2. The number of ether oxygens (including phenoxy) is 2. The van der Waals surface area contributed by atoms with Gasteiger partial charge in [0.05, 0.1) is 37.2 Å². The molecule has 2 aliphatic rings. The number of allylic oxidation sites excluding steroid dienone is 5. The minimum atomic E-state index is -0.474. The molecule has 9 heteroatoms. The average Bonchev–Trinajstić information content (AvgIpc) is 3.12. The molecule has 1 aromatic carbocycles. The Balaban J connectivity index is 1.76. The van der Waals surface area contributed by atoms with Gasteiger partial charge in [-0.2, -0.15) is 0 Å². The first kappa shape index (κ1) is 25.0. The Kier molecular flexibility index (Phi) is 7.68. The molecule has 0 spiro atoms. The lowest BCUT2D eigenvalue weighted by atomic mass is 9.98. The summed E-state index contributed by atoms with van der Waals surface area (Å²) < 4.78 is 10.6. The maximum atomic E-state index is 13.0. The number of carbonyl (C=O) groups excluding carboxylic acids is 2. The molecular formula is C27H31N5O4. The second kappa shape index (κ2) is 11.1. The van der Waals surface area contributed by atoms with Gasteiger partial charge in [-0.05, 0) is 38.5 Å². The number of methoxy groups -OCH3 is 1. The van der Waals surface area contributed by atoms with E-state index < -0.39 is 12.2 Å². The summed E-state index contributed by atoms with van der Waals surface area (Å²) in [6.45, 7) is 6.36. The second-order valence-corrected chi connectivity index (χ2v) is 8.92. The van der Waals surface area contributed by atoms with E-state index in [1.54, 1.807) is 22.2 Å². The van der Waals surface area contributed by atoms with Gasteiger partial charge in [0.2, 0.25) is 0 Å². The highest BCUT2D eigenvalue weighted by Gasteiger charge is 2.36. The topological polar surface area (TPSA) is 96.9 Å². The maximum Gasteiger partial charge on any atom is 0.414 e. The van der Waals surface area contributed by atoms with Gasteiger partial charge in [-0.3, -0.25) is 9.80 Å². The van der Waals surface area contributed by atoms with Crippen LogP contribution in [0.25, 0.3) is 5.57 Å². The van der Waals surface area contributed by atoms with Crippen LogP contribution in [0.2, 0.25) is 0 Å². The van der Waals surface area contributed by atoms with Crippen LogP contribution >= 0.6 is 0 Å². The minimum Gasteiger partial charge on any atom is -0.452 e. The smallest absolute Gasteiger partial charge is 0.414 e. The molecule has 0 fully saturated rings. The number of rotatable bonds is 5. The first-order valence-electron chi connectivity index (χ1n) is 11.9. The Morgan fingerprint density at radius 3 is 2.64 bits per heavy atom. The van der Waals surface area contributed by atoms with Crippen LogP contribution in [-0.2, 0) is 16.0 Å². The first-order chi connectivity index (χ1) is 17.4. The zero-order valence-corrected chi connectivity index (χ0v) is 21.0. The van der Waals surface area contributed by atoms with E-state index in [9.17, 15) is 9.59 Å². The van der Waals surface area contributed by atoms with Gasteiger partial charge in [0.25, 0.3) is 0 Å². The molecule has 1 atom stereocenters. The summed E-state index contributed by atoms with van der Waals surface area (Å²) in [5, 5.41) is 3.52. The summed E-state index contributed by atoms with van der Waals surface area (Å²) in [5.74, 6) is 0. The summed E-state index contributed by atoms with van der Waals surface area (Å²) in [7, 11) is 1.35. The highest BCUT2D eigenvalue weighted by Crippen LogP contribution is 2.39. The molecule has 0 radical (unpaired) electrons. The van der Waals surface area contributed by atoms with Gasteiger partial charge >= 0.3 is 12.2 Å². The first-order valence-corrected chi connectivity index (χ1v) is 11.9. The number of anilines is 2. The van der Waals surface area contributed by atoms with Crippen LogP contribution in [0, 0.1) is 0 Å². The molecule has 2 amide bonds. The van der Waals surface area contributed by atoms with E-state index in [1.807, 2.05) is 57.2 Å². The fourth-order valence-electron chi connectivity index (χ4n) is 4.30. The summed E-state index contributed by atoms with van der Waals surface area (Å²) in [6, 6.07) is 5.45. The molecule has 188 valence electrons. The molecular weight excluding hydrogens is 458 g/mol. The summed E-state index contributed by atoms with van der Waals surface area (Å²) in [5.41, 5.74) is 5.07. The van der Waals surface area contributed by atoms with Gasteiger partial charge in [-0.25, -0.2) is 19.6 Å². The van der Waals surface area contributed by atoms with Crippen LogP contribution in [0.5, 0.6) is 0 Å². The Bertz CT molecular complexity index is 1210. The number of benzene rings is 1. The quantitative estimate of drug-likeness (QED) is 0.643. The highest BCUT2D eigenvalue weighted by molar-refractivity contribution is 6.01. The van der Waals surface area contributed by atoms with Crippen molar-refractivity contribution in [1.82, 2.24) is 15.3 Å². The maximum absolute atomic E-state index is 13.0. The molecule has 1 N–H and O–H groups in total. The Labute approximate surface area is 211 Å². The van der Waals surface area contributed by atoms with Gasteiger partial charge in [-0.1, -0.05) is 30.4 Å². The van der Waals surface area contributed by atoms with Gasteiger partial charge in [-0.15, -0.1) is 0 Å². The summed E-state index contributed by atoms with van der Waals surface area (Å²) in [4.78, 5) is 37.0. The fourth-order valence-corrected chi connectivity index (χ4v) is 4.30. The zero-order chi connectivity index (χ0) is 25.7. The van der Waals surface area contributed by atoms with E-state index in [1.165, 1.54) is 13.4 Å². The number of carbonyl (C=O) groups is 2. The minimum absolute atomic E-state index is 0.269. The number of nitrogens with one attached hydrogen (secondary N) is 1. The van der Waals surface area contributed by atoms with Gasteiger partial charge in [0, 0.05) is 42.2 Å². The Morgan fingerprint density at radius 2 is 1.92 bits per heavy atom. The van der Waals surface area contributed by atoms with Crippen molar-refractivity contribution >= 4 is 29.1 Å². The third-order valence-electron chi connectivity index (χ3n) is 5.93. The molecule has 1 aromatic heterocycles. The third-order valence-corrected chi connectivity index (χ3v) is 5.93. The standard InChI is InChI=1S/C27H31N5O4/c1-18(2)36-26(33)31-16-19(3)32(27(34)35-4)24-11-10-21(12-25(24)31)22-8-6-5-7-9-23(22)30-15-20-13-28-17-29-14-20/h5-8,10-14,17-19,30H,9,15-16H2,1-4H3. The van der Waals surface area contributed by atoms with Gasteiger partial charge in [0.1, 0.15) is 6.33 Å². The monoisotopic (exact) mass is 489 g/mol. The van der Waals surface area contributed by atoms with E-state index in [0.717, 1.165) is 22.4 Å². The number of hydrogen-bond donors (Lipinski definition) is 1. The fraction of sp³-hybridized carbons (Fsp3) is 0.333. The van der Waals surface area contributed by atoms with Gasteiger partial charge < -0.3 is 14.8 Å². The average molecular weight is 490 g/mol. The van der Waals surface area contributed by atoms with Crippen LogP contribution in [0.15, 0.2) is 66.9 Å². The molecule has 9 nitrogen and oxygen atoms in total. The molecule has 1 aliphatic carbocycles. The molecule has 2 heterocycles. The predicted molar refractivity (Wildman–Crippen MR) is 138 cm³/mol. The number of aromatic nitrogens is 2. The number of fused-ring (bicyclic) bond motifs is 1. The molecule has 36 heavy (non-hydrogen) atoms. The van der Waals surface area contributed by atoms with E-state index in [4.69, 9.17) is 9.47 Å². The van der Waals surface area contributed by atoms with Crippen molar-refractivity contribution in [3.63, 3.8) is 0 Å². The zero-order valence-electron chi connectivity index (χ0n) is 21.0. The molecule has 1 aliphatic heterocycles. The van der Waals surface area contributed by atoms with Crippen molar-refractivity contribution in [3.05, 3.63) is 78.0 Å². The SMILES string of the molecule is COC(=O)N1c2ccc(C3=C(NCc4cncnc4)CC=CC=C3)cc2N(C(=O)OC(C)C)CC1C. The van der Waals surface area contributed by atoms with Crippen molar-refractivity contribution in [2.75, 3.05) is 23.5 Å². The lowest BCUT2D eigenvalue weighted by Crippen LogP contribution is -2.52. The van der Waals surface area contributed by atoms with Crippen LogP contribution in [0.4, 0.5) is 21.0 Å². The molecule has 1 unspecified atom stereocenters. The Morgan fingerprint density at radius 1 is 1.14 bits per heavy atom.